The molecule has 5 nitrogen and oxygen atoms in total. The van der Waals surface area contributed by atoms with E-state index in [-0.39, 0.29) is 11.3 Å². The zero-order valence-corrected chi connectivity index (χ0v) is 16.5. The standard InChI is InChI=1S/C20H20F2N2O3S/c1-20(2,3)28(26)24-17-9-10-27-18-13(17)5-4-6-14(18)19(25)23-12-7-8-15(21)16(22)11-12/h4-8,11H,9-10H2,1-3H3,(H,23,25)/b24-17+/t28-/m0/s1. The fraction of sp³-hybridized carbons (Fsp3) is 0.300. The summed E-state index contributed by atoms with van der Waals surface area (Å²) < 4.78 is 48.4. The van der Waals surface area contributed by atoms with E-state index in [2.05, 4.69) is 9.71 Å². The van der Waals surface area contributed by atoms with Gasteiger partial charge in [0.25, 0.3) is 5.91 Å². The van der Waals surface area contributed by atoms with E-state index in [0.29, 0.717) is 30.1 Å². The summed E-state index contributed by atoms with van der Waals surface area (Å²) in [6, 6.07) is 8.10. The Morgan fingerprint density at radius 2 is 1.93 bits per heavy atom. The van der Waals surface area contributed by atoms with Gasteiger partial charge in [0.2, 0.25) is 0 Å². The molecule has 1 atom stereocenters. The Kier molecular flexibility index (Phi) is 5.60. The molecule has 1 N–H and O–H groups in total. The molecule has 1 amide bonds. The molecule has 0 radical (unpaired) electrons. The Hall–Kier alpha value is -2.61. The highest BCUT2D eigenvalue weighted by atomic mass is 32.2. The molecule has 0 aromatic heterocycles. The van der Waals surface area contributed by atoms with Crippen molar-refractivity contribution in [1.29, 1.82) is 0 Å². The Labute approximate surface area is 164 Å². The van der Waals surface area contributed by atoms with Crippen LogP contribution in [-0.2, 0) is 11.0 Å². The maximum Gasteiger partial charge on any atom is 0.259 e. The second-order valence-corrected chi connectivity index (χ2v) is 9.17. The van der Waals surface area contributed by atoms with Crippen LogP contribution in [0.2, 0.25) is 0 Å². The van der Waals surface area contributed by atoms with Gasteiger partial charge in [0, 0.05) is 23.7 Å². The summed E-state index contributed by atoms with van der Waals surface area (Å²) in [5.74, 6) is -2.24. The fourth-order valence-electron chi connectivity index (χ4n) is 2.59. The number of ether oxygens (including phenoxy) is 1. The largest absolute Gasteiger partial charge is 0.492 e. The molecule has 0 unspecified atom stereocenters. The van der Waals surface area contributed by atoms with Crippen LogP contribution in [0.15, 0.2) is 40.8 Å². The summed E-state index contributed by atoms with van der Waals surface area (Å²) in [6.45, 7) is 5.79. The minimum absolute atomic E-state index is 0.125. The predicted octanol–water partition coefficient (Wildman–Crippen LogP) is 4.25. The zero-order chi connectivity index (χ0) is 20.5. The number of para-hydroxylation sites is 1. The number of halogens is 2. The number of carbonyl (C=O) groups excluding carboxylic acids is 1. The van der Waals surface area contributed by atoms with E-state index in [0.717, 1.165) is 12.1 Å². The monoisotopic (exact) mass is 406 g/mol. The lowest BCUT2D eigenvalue weighted by molar-refractivity contribution is 0.102. The third-order valence-electron chi connectivity index (χ3n) is 4.05. The number of rotatable bonds is 3. The van der Waals surface area contributed by atoms with Crippen LogP contribution in [0.5, 0.6) is 5.75 Å². The van der Waals surface area contributed by atoms with Gasteiger partial charge in [0.05, 0.1) is 22.6 Å². The second kappa shape index (κ2) is 7.79. The number of nitrogens with zero attached hydrogens (tertiary/aromatic N) is 1. The average Bonchev–Trinajstić information content (AvgIpc) is 2.63. The summed E-state index contributed by atoms with van der Waals surface area (Å²) in [5, 5.41) is 2.53. The summed E-state index contributed by atoms with van der Waals surface area (Å²) >= 11 is 0. The fourth-order valence-corrected chi connectivity index (χ4v) is 3.25. The summed E-state index contributed by atoms with van der Waals surface area (Å²) in [4.78, 5) is 12.7. The summed E-state index contributed by atoms with van der Waals surface area (Å²) in [5.41, 5.74) is 1.56. The van der Waals surface area contributed by atoms with Crippen LogP contribution in [0.4, 0.5) is 14.5 Å². The third kappa shape index (κ3) is 4.27. The zero-order valence-electron chi connectivity index (χ0n) is 15.7. The predicted molar refractivity (Wildman–Crippen MR) is 105 cm³/mol. The van der Waals surface area contributed by atoms with Crippen LogP contribution in [-0.4, -0.2) is 27.2 Å². The van der Waals surface area contributed by atoms with Crippen molar-refractivity contribution < 1.29 is 22.5 Å². The minimum Gasteiger partial charge on any atom is -0.492 e. The first-order valence-corrected chi connectivity index (χ1v) is 9.79. The van der Waals surface area contributed by atoms with Crippen molar-refractivity contribution in [2.75, 3.05) is 11.9 Å². The van der Waals surface area contributed by atoms with Crippen LogP contribution in [0, 0.1) is 11.6 Å². The van der Waals surface area contributed by atoms with Gasteiger partial charge in [-0.1, -0.05) is 6.07 Å². The number of benzene rings is 2. The lowest BCUT2D eigenvalue weighted by Crippen LogP contribution is -2.24. The number of anilines is 1. The number of amides is 1. The SMILES string of the molecule is CC(C)(C)[S@](=O)/N=C1\CCOc2c(C(=O)Nc3ccc(F)c(F)c3)cccc21. The lowest BCUT2D eigenvalue weighted by Gasteiger charge is -2.22. The van der Waals surface area contributed by atoms with Gasteiger partial charge in [-0.2, -0.15) is 4.40 Å². The van der Waals surface area contributed by atoms with Gasteiger partial charge in [-0.25, -0.2) is 13.0 Å². The molecule has 8 heteroatoms. The molecule has 1 heterocycles. The Morgan fingerprint density at radius 3 is 2.61 bits per heavy atom. The molecule has 0 bridgehead atoms. The maximum atomic E-state index is 13.4. The van der Waals surface area contributed by atoms with Crippen molar-refractivity contribution in [3.05, 3.63) is 59.2 Å². The van der Waals surface area contributed by atoms with Crippen molar-refractivity contribution in [2.45, 2.75) is 31.9 Å². The number of hydrogen-bond acceptors (Lipinski definition) is 3. The normalized spacial score (nSPS) is 16.2. The van der Waals surface area contributed by atoms with Crippen molar-refractivity contribution in [3.8, 4) is 5.75 Å². The smallest absolute Gasteiger partial charge is 0.259 e. The molecule has 0 saturated carbocycles. The third-order valence-corrected chi connectivity index (χ3v) is 5.48. The van der Waals surface area contributed by atoms with Gasteiger partial charge in [-0.3, -0.25) is 4.79 Å². The molecule has 1 aliphatic rings. The first kappa shape index (κ1) is 20.1. The molecular weight excluding hydrogens is 386 g/mol. The van der Waals surface area contributed by atoms with Gasteiger partial charge < -0.3 is 10.1 Å². The topological polar surface area (TPSA) is 67.8 Å². The van der Waals surface area contributed by atoms with E-state index < -0.39 is 33.3 Å². The van der Waals surface area contributed by atoms with E-state index in [9.17, 15) is 17.8 Å². The Balaban J connectivity index is 1.93. The molecule has 0 fully saturated rings. The van der Waals surface area contributed by atoms with Crippen LogP contribution < -0.4 is 10.1 Å². The van der Waals surface area contributed by atoms with E-state index >= 15 is 0 Å². The van der Waals surface area contributed by atoms with Crippen molar-refractivity contribution in [3.63, 3.8) is 0 Å². The van der Waals surface area contributed by atoms with Gasteiger partial charge in [0.1, 0.15) is 16.7 Å². The number of nitrogens with one attached hydrogen (secondary N) is 1. The van der Waals surface area contributed by atoms with Crippen LogP contribution in [0.3, 0.4) is 0 Å². The molecule has 2 aromatic carbocycles. The van der Waals surface area contributed by atoms with Crippen LogP contribution in [0.25, 0.3) is 0 Å². The number of carbonyl (C=O) groups is 1. The quantitative estimate of drug-likeness (QED) is 0.829. The van der Waals surface area contributed by atoms with Gasteiger partial charge in [0.15, 0.2) is 11.6 Å². The molecule has 2 aromatic rings. The molecule has 28 heavy (non-hydrogen) atoms. The molecular formula is C20H20F2N2O3S. The molecule has 1 aliphatic heterocycles. The van der Waals surface area contributed by atoms with Crippen molar-refractivity contribution in [1.82, 2.24) is 0 Å². The van der Waals surface area contributed by atoms with E-state index in [1.165, 1.54) is 6.07 Å². The average molecular weight is 406 g/mol. The second-order valence-electron chi connectivity index (χ2n) is 7.26. The van der Waals surface area contributed by atoms with Crippen molar-refractivity contribution in [2.24, 2.45) is 4.40 Å². The highest BCUT2D eigenvalue weighted by Crippen LogP contribution is 2.31. The molecule has 0 saturated heterocycles. The number of fused-ring (bicyclic) bond motifs is 1. The van der Waals surface area contributed by atoms with E-state index in [1.807, 2.05) is 20.8 Å². The summed E-state index contributed by atoms with van der Waals surface area (Å²) in [6.07, 6.45) is 0.475. The van der Waals surface area contributed by atoms with E-state index in [1.54, 1.807) is 18.2 Å². The highest BCUT2D eigenvalue weighted by Gasteiger charge is 2.26. The van der Waals surface area contributed by atoms with Crippen LogP contribution in [0.1, 0.15) is 43.1 Å². The first-order chi connectivity index (χ1) is 13.2. The van der Waals surface area contributed by atoms with Gasteiger partial charge in [-0.05, 0) is 45.0 Å². The van der Waals surface area contributed by atoms with Crippen LogP contribution >= 0.6 is 0 Å². The molecule has 148 valence electrons. The van der Waals surface area contributed by atoms with Crippen molar-refractivity contribution >= 4 is 28.3 Å². The van der Waals surface area contributed by atoms with Gasteiger partial charge >= 0.3 is 0 Å². The number of hydrogen-bond donors (Lipinski definition) is 1. The highest BCUT2D eigenvalue weighted by molar-refractivity contribution is 7.85. The summed E-state index contributed by atoms with van der Waals surface area (Å²) in [7, 11) is -1.44. The minimum atomic E-state index is -1.44. The maximum absolute atomic E-state index is 13.4. The molecule has 0 spiro atoms. The first-order valence-electron chi connectivity index (χ1n) is 8.69. The Morgan fingerprint density at radius 1 is 1.18 bits per heavy atom. The van der Waals surface area contributed by atoms with Gasteiger partial charge in [-0.15, -0.1) is 0 Å². The molecule has 3 rings (SSSR count). The van der Waals surface area contributed by atoms with E-state index in [4.69, 9.17) is 4.74 Å². The molecule has 0 aliphatic carbocycles. The Bertz CT molecular complexity index is 984. The lowest BCUT2D eigenvalue weighted by atomic mass is 10.00.